The molecule has 0 aliphatic heterocycles. The number of hydrogen-bond donors (Lipinski definition) is 2. The predicted octanol–water partition coefficient (Wildman–Crippen LogP) is 2.27. The minimum Gasteiger partial charge on any atom is -0.330 e. The second kappa shape index (κ2) is 6.39. The molecular weight excluding hydrogens is 160 g/mol. The van der Waals surface area contributed by atoms with Gasteiger partial charge in [-0.25, -0.2) is 0 Å². The third-order valence-corrected chi connectivity index (χ3v) is 2.52. The van der Waals surface area contributed by atoms with Crippen LogP contribution in [-0.2, 0) is 0 Å². The summed E-state index contributed by atoms with van der Waals surface area (Å²) in [5, 5.41) is 0. The second-order valence-electron chi connectivity index (χ2n) is 4.81. The van der Waals surface area contributed by atoms with Crippen molar-refractivity contribution in [1.29, 1.82) is 0 Å². The molecule has 13 heavy (non-hydrogen) atoms. The molecule has 80 valence electrons. The van der Waals surface area contributed by atoms with Crippen molar-refractivity contribution in [3.63, 3.8) is 0 Å². The maximum atomic E-state index is 6.02. The van der Waals surface area contributed by atoms with E-state index in [1.54, 1.807) is 0 Å². The van der Waals surface area contributed by atoms with Gasteiger partial charge in [0.05, 0.1) is 0 Å². The van der Waals surface area contributed by atoms with Crippen LogP contribution in [0.4, 0.5) is 0 Å². The van der Waals surface area contributed by atoms with Gasteiger partial charge in [-0.05, 0) is 37.6 Å². The minimum atomic E-state index is 0.338. The Morgan fingerprint density at radius 2 is 1.92 bits per heavy atom. The maximum Gasteiger partial charge on any atom is 0.00443 e. The van der Waals surface area contributed by atoms with Crippen LogP contribution in [-0.4, -0.2) is 12.6 Å². The van der Waals surface area contributed by atoms with Crippen molar-refractivity contribution in [2.75, 3.05) is 6.54 Å². The van der Waals surface area contributed by atoms with Gasteiger partial charge in [0, 0.05) is 6.04 Å². The SMILES string of the molecule is CCCC(C)(C)CC(N)CCCN. The van der Waals surface area contributed by atoms with Crippen LogP contribution < -0.4 is 11.5 Å². The molecule has 0 rings (SSSR count). The fraction of sp³-hybridized carbons (Fsp3) is 1.00. The first kappa shape index (κ1) is 12.9. The molecule has 0 aromatic heterocycles. The van der Waals surface area contributed by atoms with Gasteiger partial charge >= 0.3 is 0 Å². The van der Waals surface area contributed by atoms with Gasteiger partial charge in [-0.15, -0.1) is 0 Å². The fourth-order valence-electron chi connectivity index (χ4n) is 1.97. The molecule has 0 saturated carbocycles. The lowest BCUT2D eigenvalue weighted by atomic mass is 9.81. The lowest BCUT2D eigenvalue weighted by Gasteiger charge is -2.27. The normalized spacial score (nSPS) is 14.5. The van der Waals surface area contributed by atoms with Crippen LogP contribution >= 0.6 is 0 Å². The van der Waals surface area contributed by atoms with E-state index in [4.69, 9.17) is 11.5 Å². The molecule has 0 saturated heterocycles. The summed E-state index contributed by atoms with van der Waals surface area (Å²) in [5.74, 6) is 0. The van der Waals surface area contributed by atoms with E-state index in [2.05, 4.69) is 20.8 Å². The van der Waals surface area contributed by atoms with Gasteiger partial charge in [-0.1, -0.05) is 27.2 Å². The molecule has 2 nitrogen and oxygen atoms in total. The second-order valence-corrected chi connectivity index (χ2v) is 4.81. The molecule has 0 aliphatic rings. The first-order chi connectivity index (χ1) is 6.02. The van der Waals surface area contributed by atoms with E-state index in [1.165, 1.54) is 12.8 Å². The zero-order valence-electron chi connectivity index (χ0n) is 9.47. The van der Waals surface area contributed by atoms with Crippen molar-refractivity contribution in [3.8, 4) is 0 Å². The van der Waals surface area contributed by atoms with Crippen LogP contribution in [0.25, 0.3) is 0 Å². The van der Waals surface area contributed by atoms with Crippen molar-refractivity contribution in [2.45, 2.75) is 58.9 Å². The van der Waals surface area contributed by atoms with Crippen LogP contribution in [0.5, 0.6) is 0 Å². The van der Waals surface area contributed by atoms with Gasteiger partial charge in [-0.3, -0.25) is 0 Å². The molecule has 0 aromatic rings. The van der Waals surface area contributed by atoms with E-state index < -0.39 is 0 Å². The molecule has 2 heteroatoms. The number of rotatable bonds is 7. The Morgan fingerprint density at radius 3 is 2.38 bits per heavy atom. The summed E-state index contributed by atoms with van der Waals surface area (Å²) in [4.78, 5) is 0. The van der Waals surface area contributed by atoms with Gasteiger partial charge < -0.3 is 11.5 Å². The van der Waals surface area contributed by atoms with Gasteiger partial charge in [0.25, 0.3) is 0 Å². The zero-order valence-corrected chi connectivity index (χ0v) is 9.47. The fourth-order valence-corrected chi connectivity index (χ4v) is 1.97. The highest BCUT2D eigenvalue weighted by Crippen LogP contribution is 2.28. The molecule has 0 amide bonds. The van der Waals surface area contributed by atoms with E-state index in [0.29, 0.717) is 11.5 Å². The minimum absolute atomic E-state index is 0.338. The van der Waals surface area contributed by atoms with Crippen molar-refractivity contribution in [1.82, 2.24) is 0 Å². The summed E-state index contributed by atoms with van der Waals surface area (Å²) in [6.07, 6.45) is 5.77. The highest BCUT2D eigenvalue weighted by molar-refractivity contribution is 4.75. The molecule has 1 atom stereocenters. The summed E-state index contributed by atoms with van der Waals surface area (Å²) in [6.45, 7) is 7.60. The van der Waals surface area contributed by atoms with Gasteiger partial charge in [0.2, 0.25) is 0 Å². The van der Waals surface area contributed by atoms with Gasteiger partial charge in [-0.2, -0.15) is 0 Å². The van der Waals surface area contributed by atoms with Crippen LogP contribution in [0.3, 0.4) is 0 Å². The Bertz CT molecular complexity index is 121. The predicted molar refractivity (Wildman–Crippen MR) is 59.6 cm³/mol. The first-order valence-corrected chi connectivity index (χ1v) is 5.47. The van der Waals surface area contributed by atoms with E-state index in [-0.39, 0.29) is 0 Å². The highest BCUT2D eigenvalue weighted by atomic mass is 14.6. The molecule has 0 aliphatic carbocycles. The van der Waals surface area contributed by atoms with E-state index >= 15 is 0 Å². The average Bonchev–Trinajstić information content (AvgIpc) is 1.99. The summed E-state index contributed by atoms with van der Waals surface area (Å²) in [5.41, 5.74) is 11.9. The zero-order chi connectivity index (χ0) is 10.3. The van der Waals surface area contributed by atoms with Crippen molar-refractivity contribution < 1.29 is 0 Å². The van der Waals surface area contributed by atoms with E-state index in [9.17, 15) is 0 Å². The summed E-state index contributed by atoms with van der Waals surface area (Å²) in [7, 11) is 0. The summed E-state index contributed by atoms with van der Waals surface area (Å²) >= 11 is 0. The van der Waals surface area contributed by atoms with Crippen LogP contribution in [0.1, 0.15) is 52.9 Å². The van der Waals surface area contributed by atoms with E-state index in [0.717, 1.165) is 25.8 Å². The monoisotopic (exact) mass is 186 g/mol. The largest absolute Gasteiger partial charge is 0.330 e. The molecule has 1 unspecified atom stereocenters. The molecule has 0 spiro atoms. The molecule has 0 fully saturated rings. The van der Waals surface area contributed by atoms with E-state index in [1.807, 2.05) is 0 Å². The lowest BCUT2D eigenvalue weighted by Crippen LogP contribution is -2.28. The number of hydrogen-bond acceptors (Lipinski definition) is 2. The van der Waals surface area contributed by atoms with Crippen LogP contribution in [0, 0.1) is 5.41 Å². The van der Waals surface area contributed by atoms with Gasteiger partial charge in [0.15, 0.2) is 0 Å². The molecule has 0 radical (unpaired) electrons. The van der Waals surface area contributed by atoms with Crippen molar-refractivity contribution in [3.05, 3.63) is 0 Å². The lowest BCUT2D eigenvalue weighted by molar-refractivity contribution is 0.272. The number of nitrogens with two attached hydrogens (primary N) is 2. The Balaban J connectivity index is 3.68. The molecular formula is C11H26N2. The summed E-state index contributed by atoms with van der Waals surface area (Å²) in [6, 6.07) is 0.338. The quantitative estimate of drug-likeness (QED) is 0.641. The standard InChI is InChI=1S/C11H26N2/c1-4-7-11(2,3)9-10(13)6-5-8-12/h10H,4-9,12-13H2,1-3H3. The third kappa shape index (κ3) is 7.03. The topological polar surface area (TPSA) is 52.0 Å². The van der Waals surface area contributed by atoms with Gasteiger partial charge in [0.1, 0.15) is 0 Å². The molecule has 0 bridgehead atoms. The third-order valence-electron chi connectivity index (χ3n) is 2.52. The Kier molecular flexibility index (Phi) is 6.35. The smallest absolute Gasteiger partial charge is 0.00443 e. The highest BCUT2D eigenvalue weighted by Gasteiger charge is 2.19. The summed E-state index contributed by atoms with van der Waals surface area (Å²) < 4.78 is 0. The van der Waals surface area contributed by atoms with Crippen LogP contribution in [0.2, 0.25) is 0 Å². The molecule has 0 aromatic carbocycles. The Hall–Kier alpha value is -0.0800. The van der Waals surface area contributed by atoms with Crippen LogP contribution in [0.15, 0.2) is 0 Å². The van der Waals surface area contributed by atoms with Crippen molar-refractivity contribution in [2.24, 2.45) is 16.9 Å². The molecule has 0 heterocycles. The van der Waals surface area contributed by atoms with Crippen molar-refractivity contribution >= 4 is 0 Å². The average molecular weight is 186 g/mol. The maximum absolute atomic E-state index is 6.02. The molecule has 4 N–H and O–H groups in total. The Labute approximate surface area is 83.1 Å². The first-order valence-electron chi connectivity index (χ1n) is 5.47. The Morgan fingerprint density at radius 1 is 1.31 bits per heavy atom.